The molecule has 0 amide bonds. The maximum absolute atomic E-state index is 5.82. The molecule has 21 heavy (non-hydrogen) atoms. The molecule has 0 atom stereocenters. The van der Waals surface area contributed by atoms with Crippen molar-refractivity contribution < 1.29 is 14.2 Å². The van der Waals surface area contributed by atoms with E-state index in [2.05, 4.69) is 20.9 Å². The Labute approximate surface area is 132 Å². The van der Waals surface area contributed by atoms with Gasteiger partial charge in [0.25, 0.3) is 0 Å². The molecule has 0 unspecified atom stereocenters. The summed E-state index contributed by atoms with van der Waals surface area (Å²) in [5, 5.41) is 0. The molecule has 0 radical (unpaired) electrons. The molecule has 0 bridgehead atoms. The minimum Gasteiger partial charge on any atom is -0.497 e. The Kier molecular flexibility index (Phi) is 5.27. The zero-order chi connectivity index (χ0) is 15.2. The molecule has 2 aromatic rings. The van der Waals surface area contributed by atoms with Crippen molar-refractivity contribution in [2.24, 2.45) is 0 Å². The van der Waals surface area contributed by atoms with Crippen molar-refractivity contribution in [3.05, 3.63) is 34.8 Å². The Morgan fingerprint density at radius 1 is 1.24 bits per heavy atom. The molecule has 0 aliphatic rings. The molecule has 1 aromatic carbocycles. The summed E-state index contributed by atoms with van der Waals surface area (Å²) in [5.41, 5.74) is 6.31. The highest BCUT2D eigenvalue weighted by Gasteiger charge is 2.09. The van der Waals surface area contributed by atoms with Crippen LogP contribution in [0.1, 0.15) is 13.3 Å². The van der Waals surface area contributed by atoms with E-state index in [-0.39, 0.29) is 0 Å². The predicted molar refractivity (Wildman–Crippen MR) is 85.2 cm³/mol. The van der Waals surface area contributed by atoms with Crippen molar-refractivity contribution in [3.8, 4) is 23.3 Å². The highest BCUT2D eigenvalue weighted by molar-refractivity contribution is 9.10. The van der Waals surface area contributed by atoms with Crippen LogP contribution in [0.25, 0.3) is 0 Å². The van der Waals surface area contributed by atoms with E-state index in [0.717, 1.165) is 16.6 Å². The number of hydrogen-bond donors (Lipinski definition) is 1. The minimum atomic E-state index is 0.388. The average molecular weight is 353 g/mol. The number of nitrogen functional groups attached to an aromatic ring is 1. The van der Waals surface area contributed by atoms with E-state index >= 15 is 0 Å². The van der Waals surface area contributed by atoms with Gasteiger partial charge in [-0.3, -0.25) is 0 Å². The van der Waals surface area contributed by atoms with Crippen LogP contribution < -0.4 is 19.9 Å². The van der Waals surface area contributed by atoms with E-state index in [1.807, 2.05) is 19.1 Å². The second kappa shape index (κ2) is 7.17. The monoisotopic (exact) mass is 352 g/mol. The van der Waals surface area contributed by atoms with Crippen LogP contribution in [0.2, 0.25) is 0 Å². The summed E-state index contributed by atoms with van der Waals surface area (Å²) in [6, 6.07) is 8.84. The molecular formula is C15H17BrN2O3. The SMILES string of the molecule is CCCOc1nc(Oc2ccc(OC)cc2Br)ccc1N. The summed E-state index contributed by atoms with van der Waals surface area (Å²) in [4.78, 5) is 4.27. The number of aromatic nitrogens is 1. The fraction of sp³-hybridized carbons (Fsp3) is 0.267. The summed E-state index contributed by atoms with van der Waals surface area (Å²) in [5.74, 6) is 2.18. The molecule has 2 rings (SSSR count). The van der Waals surface area contributed by atoms with E-state index in [1.165, 1.54) is 0 Å². The normalized spacial score (nSPS) is 10.2. The van der Waals surface area contributed by atoms with Crippen molar-refractivity contribution in [1.29, 1.82) is 0 Å². The van der Waals surface area contributed by atoms with E-state index < -0.39 is 0 Å². The van der Waals surface area contributed by atoms with Crippen molar-refractivity contribution in [2.45, 2.75) is 13.3 Å². The molecule has 0 aliphatic carbocycles. The molecule has 5 nitrogen and oxygen atoms in total. The molecule has 1 heterocycles. The van der Waals surface area contributed by atoms with Crippen LogP contribution in [0.3, 0.4) is 0 Å². The van der Waals surface area contributed by atoms with Gasteiger partial charge in [0.1, 0.15) is 11.5 Å². The minimum absolute atomic E-state index is 0.388. The lowest BCUT2D eigenvalue weighted by molar-refractivity contribution is 0.302. The first kappa shape index (κ1) is 15.4. The van der Waals surface area contributed by atoms with E-state index in [0.29, 0.717) is 29.8 Å². The lowest BCUT2D eigenvalue weighted by Crippen LogP contribution is -2.02. The average Bonchev–Trinajstić information content (AvgIpc) is 2.49. The Hall–Kier alpha value is -1.95. The number of rotatable bonds is 6. The van der Waals surface area contributed by atoms with Crippen LogP contribution in [0.4, 0.5) is 5.69 Å². The third kappa shape index (κ3) is 4.01. The summed E-state index contributed by atoms with van der Waals surface area (Å²) in [6.07, 6.45) is 0.885. The standard InChI is InChI=1S/C15H17BrN2O3/c1-3-8-20-15-12(17)5-7-14(18-15)21-13-6-4-10(19-2)9-11(13)16/h4-7,9H,3,8,17H2,1-2H3. The van der Waals surface area contributed by atoms with Gasteiger partial charge < -0.3 is 19.9 Å². The summed E-state index contributed by atoms with van der Waals surface area (Å²) < 4.78 is 17.1. The van der Waals surface area contributed by atoms with Gasteiger partial charge in [0.05, 0.1) is 23.9 Å². The lowest BCUT2D eigenvalue weighted by Gasteiger charge is -2.11. The van der Waals surface area contributed by atoms with E-state index in [1.54, 1.807) is 25.3 Å². The number of nitrogens with two attached hydrogens (primary N) is 1. The number of halogens is 1. The Bertz CT molecular complexity index is 620. The van der Waals surface area contributed by atoms with Gasteiger partial charge in [0.2, 0.25) is 11.8 Å². The Morgan fingerprint density at radius 3 is 2.71 bits per heavy atom. The second-order valence-electron chi connectivity index (χ2n) is 4.29. The number of pyridine rings is 1. The first-order valence-electron chi connectivity index (χ1n) is 6.54. The first-order valence-corrected chi connectivity index (χ1v) is 7.34. The summed E-state index contributed by atoms with van der Waals surface area (Å²) in [7, 11) is 1.61. The molecule has 2 N–H and O–H groups in total. The quantitative estimate of drug-likeness (QED) is 0.850. The van der Waals surface area contributed by atoms with Gasteiger partial charge in [0.15, 0.2) is 0 Å². The topological polar surface area (TPSA) is 66.6 Å². The number of ether oxygens (including phenoxy) is 3. The van der Waals surface area contributed by atoms with Gasteiger partial charge in [-0.1, -0.05) is 6.92 Å². The van der Waals surface area contributed by atoms with E-state index in [4.69, 9.17) is 19.9 Å². The number of methoxy groups -OCH3 is 1. The van der Waals surface area contributed by atoms with Crippen LogP contribution in [0, 0.1) is 0 Å². The molecule has 112 valence electrons. The Morgan fingerprint density at radius 2 is 2.05 bits per heavy atom. The highest BCUT2D eigenvalue weighted by atomic mass is 79.9. The smallest absolute Gasteiger partial charge is 0.240 e. The van der Waals surface area contributed by atoms with E-state index in [9.17, 15) is 0 Å². The summed E-state index contributed by atoms with van der Waals surface area (Å²) >= 11 is 3.43. The van der Waals surface area contributed by atoms with Gasteiger partial charge in [-0.2, -0.15) is 4.98 Å². The molecule has 6 heteroatoms. The Balaban J connectivity index is 2.19. The van der Waals surface area contributed by atoms with Gasteiger partial charge in [-0.15, -0.1) is 0 Å². The maximum Gasteiger partial charge on any atom is 0.240 e. The molecule has 0 spiro atoms. The van der Waals surface area contributed by atoms with Gasteiger partial charge >= 0.3 is 0 Å². The molecule has 0 saturated heterocycles. The zero-order valence-corrected chi connectivity index (χ0v) is 13.5. The van der Waals surface area contributed by atoms with Crippen LogP contribution in [-0.4, -0.2) is 18.7 Å². The fourth-order valence-corrected chi connectivity index (χ4v) is 2.05. The number of nitrogens with zero attached hydrogens (tertiary/aromatic N) is 1. The van der Waals surface area contributed by atoms with Crippen molar-refractivity contribution >= 4 is 21.6 Å². The molecule has 0 fully saturated rings. The zero-order valence-electron chi connectivity index (χ0n) is 11.9. The molecule has 0 saturated carbocycles. The third-order valence-corrected chi connectivity index (χ3v) is 3.28. The van der Waals surface area contributed by atoms with Gasteiger partial charge in [0, 0.05) is 6.07 Å². The van der Waals surface area contributed by atoms with Crippen LogP contribution in [0.15, 0.2) is 34.8 Å². The molecular weight excluding hydrogens is 336 g/mol. The summed E-state index contributed by atoms with van der Waals surface area (Å²) in [6.45, 7) is 2.58. The highest BCUT2D eigenvalue weighted by Crippen LogP contribution is 2.33. The van der Waals surface area contributed by atoms with Crippen molar-refractivity contribution in [1.82, 2.24) is 4.98 Å². The molecule has 0 aliphatic heterocycles. The predicted octanol–water partition coefficient (Wildman–Crippen LogP) is 4.02. The van der Waals surface area contributed by atoms with Gasteiger partial charge in [-0.05, 0) is 46.6 Å². The van der Waals surface area contributed by atoms with Crippen LogP contribution in [0.5, 0.6) is 23.3 Å². The largest absolute Gasteiger partial charge is 0.497 e. The first-order chi connectivity index (χ1) is 10.1. The number of anilines is 1. The van der Waals surface area contributed by atoms with Gasteiger partial charge in [-0.25, -0.2) is 0 Å². The third-order valence-electron chi connectivity index (χ3n) is 2.66. The van der Waals surface area contributed by atoms with Crippen molar-refractivity contribution in [3.63, 3.8) is 0 Å². The fourth-order valence-electron chi connectivity index (χ4n) is 1.61. The lowest BCUT2D eigenvalue weighted by atomic mass is 10.3. The second-order valence-corrected chi connectivity index (χ2v) is 5.15. The van der Waals surface area contributed by atoms with Crippen LogP contribution >= 0.6 is 15.9 Å². The number of benzene rings is 1. The number of hydrogen-bond acceptors (Lipinski definition) is 5. The van der Waals surface area contributed by atoms with Crippen LogP contribution in [-0.2, 0) is 0 Å². The molecule has 1 aromatic heterocycles. The van der Waals surface area contributed by atoms with Crippen molar-refractivity contribution in [2.75, 3.05) is 19.5 Å². The maximum atomic E-state index is 5.82.